The van der Waals surface area contributed by atoms with Crippen LogP contribution < -0.4 is 0 Å². The maximum Gasteiger partial charge on any atom is 0.170 e. The standard InChI is InChI=1S/C5H11NOSi/c1-8(2)7-5-3-4-6/h8H,3,5H2,1-2H3. The molecule has 0 N–H and O–H groups in total. The highest BCUT2D eigenvalue weighted by Gasteiger charge is 1.91. The van der Waals surface area contributed by atoms with E-state index in [2.05, 4.69) is 13.1 Å². The molecule has 46 valence electrons. The normalized spacial score (nSPS) is 9.25. The molecule has 0 heterocycles. The molecule has 0 amide bonds. The predicted molar refractivity (Wildman–Crippen MR) is 35.1 cm³/mol. The Morgan fingerprint density at radius 1 is 1.62 bits per heavy atom. The quantitative estimate of drug-likeness (QED) is 0.419. The van der Waals surface area contributed by atoms with E-state index in [1.807, 2.05) is 6.07 Å². The van der Waals surface area contributed by atoms with Crippen LogP contribution in [0, 0.1) is 11.3 Å². The SMILES string of the molecule is C[SiH](C)OCCC#N. The van der Waals surface area contributed by atoms with Gasteiger partial charge in [-0.05, 0) is 13.1 Å². The van der Waals surface area contributed by atoms with Crippen molar-refractivity contribution in [1.82, 2.24) is 0 Å². The summed E-state index contributed by atoms with van der Waals surface area (Å²) >= 11 is 0. The van der Waals surface area contributed by atoms with Gasteiger partial charge in [-0.15, -0.1) is 0 Å². The van der Waals surface area contributed by atoms with E-state index in [0.717, 1.165) is 0 Å². The van der Waals surface area contributed by atoms with Crippen molar-refractivity contribution in [2.45, 2.75) is 19.5 Å². The van der Waals surface area contributed by atoms with Gasteiger partial charge in [0.25, 0.3) is 0 Å². The molecule has 0 aromatic heterocycles. The summed E-state index contributed by atoms with van der Waals surface area (Å²) in [5.41, 5.74) is 0. The molecule has 0 spiro atoms. The molecular weight excluding hydrogens is 118 g/mol. The van der Waals surface area contributed by atoms with E-state index in [9.17, 15) is 0 Å². The van der Waals surface area contributed by atoms with Gasteiger partial charge in [0.05, 0.1) is 12.5 Å². The van der Waals surface area contributed by atoms with Gasteiger partial charge < -0.3 is 4.43 Å². The summed E-state index contributed by atoms with van der Waals surface area (Å²) in [6.45, 7) is 4.81. The molecular formula is C5H11NOSi. The molecule has 0 aliphatic rings. The van der Waals surface area contributed by atoms with E-state index < -0.39 is 9.04 Å². The second kappa shape index (κ2) is 4.82. The predicted octanol–water partition coefficient (Wildman–Crippen LogP) is 0.900. The van der Waals surface area contributed by atoms with E-state index in [1.165, 1.54) is 0 Å². The first-order valence-electron chi connectivity index (χ1n) is 2.76. The summed E-state index contributed by atoms with van der Waals surface area (Å²) in [6, 6.07) is 2.02. The van der Waals surface area contributed by atoms with Crippen molar-refractivity contribution in [3.63, 3.8) is 0 Å². The van der Waals surface area contributed by atoms with Crippen LogP contribution in [-0.2, 0) is 4.43 Å². The summed E-state index contributed by atoms with van der Waals surface area (Å²) in [7, 11) is -0.853. The van der Waals surface area contributed by atoms with Gasteiger partial charge in [0.2, 0.25) is 0 Å². The largest absolute Gasteiger partial charge is 0.420 e. The van der Waals surface area contributed by atoms with Crippen molar-refractivity contribution in [3.05, 3.63) is 0 Å². The first-order valence-corrected chi connectivity index (χ1v) is 5.54. The fourth-order valence-corrected chi connectivity index (χ4v) is 0.930. The first kappa shape index (κ1) is 7.67. The Bertz CT molecular complexity index is 86.9. The van der Waals surface area contributed by atoms with Gasteiger partial charge in [0.15, 0.2) is 9.04 Å². The Hall–Kier alpha value is -0.333. The van der Waals surface area contributed by atoms with Crippen LogP contribution in [-0.4, -0.2) is 15.6 Å². The zero-order chi connectivity index (χ0) is 6.41. The van der Waals surface area contributed by atoms with E-state index in [1.54, 1.807) is 0 Å². The van der Waals surface area contributed by atoms with Crippen molar-refractivity contribution in [2.24, 2.45) is 0 Å². The minimum Gasteiger partial charge on any atom is -0.420 e. The van der Waals surface area contributed by atoms with Crippen LogP contribution in [0.25, 0.3) is 0 Å². The molecule has 0 saturated heterocycles. The van der Waals surface area contributed by atoms with Crippen LogP contribution in [0.2, 0.25) is 13.1 Å². The Labute approximate surface area is 51.8 Å². The van der Waals surface area contributed by atoms with Crippen molar-refractivity contribution < 1.29 is 4.43 Å². The van der Waals surface area contributed by atoms with Gasteiger partial charge in [0, 0.05) is 6.61 Å². The molecule has 3 heteroatoms. The maximum absolute atomic E-state index is 8.06. The van der Waals surface area contributed by atoms with Gasteiger partial charge in [-0.3, -0.25) is 0 Å². The van der Waals surface area contributed by atoms with Crippen LogP contribution in [0.15, 0.2) is 0 Å². The molecule has 0 bridgehead atoms. The highest BCUT2D eigenvalue weighted by Crippen LogP contribution is 1.84. The summed E-state index contributed by atoms with van der Waals surface area (Å²) in [4.78, 5) is 0. The molecule has 0 atom stereocenters. The van der Waals surface area contributed by atoms with Crippen molar-refractivity contribution in [3.8, 4) is 6.07 Å². The number of nitriles is 1. The summed E-state index contributed by atoms with van der Waals surface area (Å²) in [5, 5.41) is 8.06. The third-order valence-electron chi connectivity index (χ3n) is 0.665. The molecule has 0 radical (unpaired) electrons. The minimum absolute atomic E-state index is 0.533. The zero-order valence-electron chi connectivity index (χ0n) is 5.35. The van der Waals surface area contributed by atoms with Crippen LogP contribution >= 0.6 is 0 Å². The highest BCUT2D eigenvalue weighted by molar-refractivity contribution is 6.48. The summed E-state index contributed by atoms with van der Waals surface area (Å²) in [6.07, 6.45) is 0.533. The number of hydrogen-bond acceptors (Lipinski definition) is 2. The van der Waals surface area contributed by atoms with Crippen molar-refractivity contribution >= 4 is 9.04 Å². The Balaban J connectivity index is 2.85. The monoisotopic (exact) mass is 129 g/mol. The molecule has 0 aliphatic carbocycles. The lowest BCUT2D eigenvalue weighted by molar-refractivity contribution is 0.336. The van der Waals surface area contributed by atoms with E-state index >= 15 is 0 Å². The van der Waals surface area contributed by atoms with Gasteiger partial charge in [-0.2, -0.15) is 5.26 Å². The number of nitrogens with zero attached hydrogens (tertiary/aromatic N) is 1. The van der Waals surface area contributed by atoms with Gasteiger partial charge in [0.1, 0.15) is 0 Å². The lowest BCUT2D eigenvalue weighted by Gasteiger charge is -2.00. The first-order chi connectivity index (χ1) is 3.77. The minimum atomic E-state index is -0.853. The fraction of sp³-hybridized carbons (Fsp3) is 0.800. The lowest BCUT2D eigenvalue weighted by Crippen LogP contribution is -2.07. The molecule has 0 fully saturated rings. The molecule has 0 rings (SSSR count). The number of rotatable bonds is 3. The lowest BCUT2D eigenvalue weighted by atomic mass is 10.5. The third-order valence-corrected chi connectivity index (χ3v) is 1.57. The molecule has 2 nitrogen and oxygen atoms in total. The number of hydrogen-bond donors (Lipinski definition) is 0. The Morgan fingerprint density at radius 2 is 2.25 bits per heavy atom. The maximum atomic E-state index is 8.06. The zero-order valence-corrected chi connectivity index (χ0v) is 6.50. The molecule has 8 heavy (non-hydrogen) atoms. The topological polar surface area (TPSA) is 33.0 Å². The van der Waals surface area contributed by atoms with Crippen LogP contribution in [0.1, 0.15) is 6.42 Å². The van der Waals surface area contributed by atoms with Gasteiger partial charge >= 0.3 is 0 Å². The summed E-state index contributed by atoms with van der Waals surface area (Å²) in [5.74, 6) is 0. The second-order valence-electron chi connectivity index (χ2n) is 1.83. The van der Waals surface area contributed by atoms with Crippen LogP contribution in [0.4, 0.5) is 0 Å². The molecule has 0 aliphatic heterocycles. The average molecular weight is 129 g/mol. The third kappa shape index (κ3) is 5.67. The Kier molecular flexibility index (Phi) is 4.62. The van der Waals surface area contributed by atoms with Gasteiger partial charge in [-0.25, -0.2) is 0 Å². The smallest absolute Gasteiger partial charge is 0.170 e. The molecule has 0 aromatic carbocycles. The second-order valence-corrected chi connectivity index (χ2v) is 4.26. The van der Waals surface area contributed by atoms with Crippen LogP contribution in [0.5, 0.6) is 0 Å². The van der Waals surface area contributed by atoms with Gasteiger partial charge in [-0.1, -0.05) is 0 Å². The van der Waals surface area contributed by atoms with E-state index in [-0.39, 0.29) is 0 Å². The Morgan fingerprint density at radius 3 is 2.62 bits per heavy atom. The molecule has 0 saturated carbocycles. The van der Waals surface area contributed by atoms with Crippen LogP contribution in [0.3, 0.4) is 0 Å². The fourth-order valence-electron chi connectivity index (χ4n) is 0.340. The van der Waals surface area contributed by atoms with E-state index in [0.29, 0.717) is 13.0 Å². The summed E-state index contributed by atoms with van der Waals surface area (Å²) < 4.78 is 5.20. The van der Waals surface area contributed by atoms with Crippen molar-refractivity contribution in [1.29, 1.82) is 5.26 Å². The highest BCUT2D eigenvalue weighted by atomic mass is 28.3. The molecule has 0 aromatic rings. The average Bonchev–Trinajstić information content (AvgIpc) is 1.66. The van der Waals surface area contributed by atoms with Crippen molar-refractivity contribution in [2.75, 3.05) is 6.61 Å². The van der Waals surface area contributed by atoms with E-state index in [4.69, 9.17) is 9.69 Å². The molecule has 0 unspecified atom stereocenters.